The van der Waals surface area contributed by atoms with E-state index in [-0.39, 0.29) is 0 Å². The lowest BCUT2D eigenvalue weighted by Gasteiger charge is -2.13. The van der Waals surface area contributed by atoms with Crippen LogP contribution in [0.15, 0.2) is 188 Å². The first-order valence-corrected chi connectivity index (χ1v) is 19.9. The van der Waals surface area contributed by atoms with E-state index in [1.54, 1.807) is 11.3 Å². The highest BCUT2D eigenvalue weighted by molar-refractivity contribution is 7.26. The maximum atomic E-state index is 5.47. The Morgan fingerprint density at radius 1 is 0.368 bits per heavy atom. The third kappa shape index (κ3) is 4.84. The second kappa shape index (κ2) is 12.6. The van der Waals surface area contributed by atoms with Gasteiger partial charge in [0.15, 0.2) is 11.6 Å². The molecular formula is C51H31N5S. The SMILES string of the molecule is c1ccc(-c2nc(-c3cccc4c3sc3cccc(-c5ccccc5)c34)nc(-n3c4ccccc4c4ccc5c6ccccc6n(-c6ccccc6)c5c43)n2)cc1. The number of rotatable bonds is 5. The van der Waals surface area contributed by atoms with Crippen molar-refractivity contribution in [3.05, 3.63) is 188 Å². The van der Waals surface area contributed by atoms with Crippen LogP contribution in [-0.4, -0.2) is 24.1 Å². The van der Waals surface area contributed by atoms with E-state index in [2.05, 4.69) is 179 Å². The first-order valence-electron chi connectivity index (χ1n) is 19.1. The summed E-state index contributed by atoms with van der Waals surface area (Å²) in [7, 11) is 0. The van der Waals surface area contributed by atoms with Gasteiger partial charge in [-0.2, -0.15) is 9.97 Å². The molecule has 0 saturated heterocycles. The van der Waals surface area contributed by atoms with Gasteiger partial charge in [-0.3, -0.25) is 4.57 Å². The van der Waals surface area contributed by atoms with Crippen molar-refractivity contribution in [3.8, 4) is 45.5 Å². The number of hydrogen-bond donors (Lipinski definition) is 0. The largest absolute Gasteiger partial charge is 0.307 e. The first-order chi connectivity index (χ1) is 28.3. The molecule has 0 saturated carbocycles. The van der Waals surface area contributed by atoms with Gasteiger partial charge in [0.05, 0.1) is 22.1 Å². The lowest BCUT2D eigenvalue weighted by Crippen LogP contribution is -2.07. The zero-order valence-corrected chi connectivity index (χ0v) is 31.4. The smallest absolute Gasteiger partial charge is 0.238 e. The Balaban J connectivity index is 1.20. The van der Waals surface area contributed by atoms with Gasteiger partial charge < -0.3 is 4.57 Å². The fourth-order valence-electron chi connectivity index (χ4n) is 8.74. The van der Waals surface area contributed by atoms with Gasteiger partial charge in [-0.15, -0.1) is 11.3 Å². The third-order valence-corrected chi connectivity index (χ3v) is 12.4. The fraction of sp³-hybridized carbons (Fsp3) is 0. The van der Waals surface area contributed by atoms with E-state index in [9.17, 15) is 0 Å². The standard InChI is InChI=1S/C51H31N5S/c1-4-16-32(17-5-1)35-24-15-29-44-45(35)40-25-14-26-41(48(40)57-44)50-52-49(33-18-6-2-7-19-33)53-51(54-50)56-43-28-13-11-23-37(43)39-31-30-38-36-22-10-12-27-42(36)55(46(38)47(39)56)34-20-8-3-9-21-34/h1-31H. The maximum Gasteiger partial charge on any atom is 0.238 e. The summed E-state index contributed by atoms with van der Waals surface area (Å²) in [6.07, 6.45) is 0. The Kier molecular flexibility index (Phi) is 7.03. The number of benzene rings is 8. The molecule has 0 fully saturated rings. The number of thiophene rings is 1. The van der Waals surface area contributed by atoms with E-state index in [0.717, 1.165) is 54.4 Å². The summed E-state index contributed by atoms with van der Waals surface area (Å²) >= 11 is 1.80. The van der Waals surface area contributed by atoms with Crippen LogP contribution >= 0.6 is 11.3 Å². The van der Waals surface area contributed by atoms with Crippen molar-refractivity contribution in [2.24, 2.45) is 0 Å². The topological polar surface area (TPSA) is 48.5 Å². The molecule has 4 heterocycles. The molecule has 5 nitrogen and oxygen atoms in total. The van der Waals surface area contributed by atoms with E-state index in [1.165, 1.54) is 37.4 Å². The summed E-state index contributed by atoms with van der Waals surface area (Å²) < 4.78 is 7.04. The summed E-state index contributed by atoms with van der Waals surface area (Å²) in [4.78, 5) is 16.1. The molecule has 0 spiro atoms. The van der Waals surface area contributed by atoms with Crippen LogP contribution in [0.25, 0.3) is 109 Å². The second-order valence-corrected chi connectivity index (χ2v) is 15.4. The van der Waals surface area contributed by atoms with Gasteiger partial charge in [0.25, 0.3) is 0 Å². The lowest BCUT2D eigenvalue weighted by atomic mass is 9.99. The lowest BCUT2D eigenvalue weighted by molar-refractivity contribution is 0.954. The highest BCUT2D eigenvalue weighted by atomic mass is 32.1. The Bertz CT molecular complexity index is 3510. The molecular weight excluding hydrogens is 715 g/mol. The van der Waals surface area contributed by atoms with Crippen LogP contribution < -0.4 is 0 Å². The molecule has 57 heavy (non-hydrogen) atoms. The number of fused-ring (bicyclic) bond motifs is 10. The second-order valence-electron chi connectivity index (χ2n) is 14.4. The highest BCUT2D eigenvalue weighted by Gasteiger charge is 2.24. The maximum absolute atomic E-state index is 5.47. The molecule has 0 aliphatic rings. The molecule has 266 valence electrons. The van der Waals surface area contributed by atoms with E-state index in [1.807, 2.05) is 18.2 Å². The highest BCUT2D eigenvalue weighted by Crippen LogP contribution is 2.45. The van der Waals surface area contributed by atoms with Crippen molar-refractivity contribution in [2.45, 2.75) is 0 Å². The molecule has 6 heteroatoms. The molecule has 0 aliphatic heterocycles. The summed E-state index contributed by atoms with van der Waals surface area (Å²) in [6, 6.07) is 66.5. The molecule has 0 aliphatic carbocycles. The molecule has 0 atom stereocenters. The molecule has 4 aromatic heterocycles. The summed E-state index contributed by atoms with van der Waals surface area (Å²) in [6.45, 7) is 0. The predicted molar refractivity (Wildman–Crippen MR) is 238 cm³/mol. The van der Waals surface area contributed by atoms with Crippen molar-refractivity contribution < 1.29 is 0 Å². The monoisotopic (exact) mass is 745 g/mol. The molecule has 0 amide bonds. The zero-order chi connectivity index (χ0) is 37.5. The quantitative estimate of drug-likeness (QED) is 0.176. The first kappa shape index (κ1) is 31.9. The summed E-state index contributed by atoms with van der Waals surface area (Å²) in [5, 5.41) is 7.10. The van der Waals surface area contributed by atoms with E-state index >= 15 is 0 Å². The van der Waals surface area contributed by atoms with Crippen LogP contribution in [0.3, 0.4) is 0 Å². The molecule has 12 aromatic rings. The van der Waals surface area contributed by atoms with Crippen LogP contribution in [0.4, 0.5) is 0 Å². The number of nitrogens with zero attached hydrogens (tertiary/aromatic N) is 5. The van der Waals surface area contributed by atoms with Crippen molar-refractivity contribution in [3.63, 3.8) is 0 Å². The van der Waals surface area contributed by atoms with Gasteiger partial charge in [0.2, 0.25) is 5.95 Å². The van der Waals surface area contributed by atoms with Crippen molar-refractivity contribution >= 4 is 75.1 Å². The zero-order valence-electron chi connectivity index (χ0n) is 30.5. The third-order valence-electron chi connectivity index (χ3n) is 11.2. The van der Waals surface area contributed by atoms with Crippen LogP contribution in [0.1, 0.15) is 0 Å². The van der Waals surface area contributed by atoms with Crippen LogP contribution in [0.2, 0.25) is 0 Å². The predicted octanol–water partition coefficient (Wildman–Crippen LogP) is 13.4. The molecule has 0 unspecified atom stereocenters. The molecule has 0 radical (unpaired) electrons. The van der Waals surface area contributed by atoms with Gasteiger partial charge in [-0.05, 0) is 47.5 Å². The van der Waals surface area contributed by atoms with E-state index in [4.69, 9.17) is 15.0 Å². The Labute approximate surface area is 331 Å². The number of aromatic nitrogens is 5. The van der Waals surface area contributed by atoms with E-state index < -0.39 is 0 Å². The van der Waals surface area contributed by atoms with Crippen molar-refractivity contribution in [2.75, 3.05) is 0 Å². The summed E-state index contributed by atoms with van der Waals surface area (Å²) in [5.41, 5.74) is 9.79. The molecule has 0 N–H and O–H groups in total. The Morgan fingerprint density at radius 3 is 1.63 bits per heavy atom. The van der Waals surface area contributed by atoms with Gasteiger partial charge in [-0.25, -0.2) is 4.98 Å². The average Bonchev–Trinajstić information content (AvgIpc) is 3.95. The number of para-hydroxylation sites is 3. The summed E-state index contributed by atoms with van der Waals surface area (Å²) in [5.74, 6) is 1.84. The van der Waals surface area contributed by atoms with Crippen LogP contribution in [0.5, 0.6) is 0 Å². The average molecular weight is 746 g/mol. The minimum absolute atomic E-state index is 0.575. The van der Waals surface area contributed by atoms with Gasteiger partial charge in [0.1, 0.15) is 0 Å². The normalized spacial score (nSPS) is 11.9. The number of hydrogen-bond acceptors (Lipinski definition) is 4. The minimum Gasteiger partial charge on any atom is -0.307 e. The van der Waals surface area contributed by atoms with Gasteiger partial charge >= 0.3 is 0 Å². The Hall–Kier alpha value is -7.41. The Morgan fingerprint density at radius 2 is 0.912 bits per heavy atom. The molecule has 8 aromatic carbocycles. The molecule has 12 rings (SSSR count). The van der Waals surface area contributed by atoms with Gasteiger partial charge in [-0.1, -0.05) is 152 Å². The van der Waals surface area contributed by atoms with Crippen LogP contribution in [-0.2, 0) is 0 Å². The minimum atomic E-state index is 0.575. The van der Waals surface area contributed by atoms with E-state index in [0.29, 0.717) is 17.6 Å². The fourth-order valence-corrected chi connectivity index (χ4v) is 9.98. The van der Waals surface area contributed by atoms with Crippen molar-refractivity contribution in [1.82, 2.24) is 24.1 Å². The molecule has 0 bridgehead atoms. The van der Waals surface area contributed by atoms with Crippen LogP contribution in [0, 0.1) is 0 Å². The van der Waals surface area contributed by atoms with Gasteiger partial charge in [0, 0.05) is 58.5 Å². The van der Waals surface area contributed by atoms with Crippen molar-refractivity contribution in [1.29, 1.82) is 0 Å².